The summed E-state index contributed by atoms with van der Waals surface area (Å²) in [6.45, 7) is -0.0958. The second-order valence-corrected chi connectivity index (χ2v) is 9.99. The summed E-state index contributed by atoms with van der Waals surface area (Å²) in [5, 5.41) is 0. The molecule has 0 saturated heterocycles. The molecule has 108 valence electrons. The molecule has 0 aliphatic carbocycles. The molecule has 0 aliphatic rings. The summed E-state index contributed by atoms with van der Waals surface area (Å²) in [7, 11) is -5.58. The first-order chi connectivity index (χ1) is 8.54. The summed E-state index contributed by atoms with van der Waals surface area (Å²) in [6.07, 6.45) is 1.06. The topological polar surface area (TPSA) is 97.5 Å². The van der Waals surface area contributed by atoms with Gasteiger partial charge in [0.25, 0.3) is 10.0 Å². The van der Waals surface area contributed by atoms with Gasteiger partial charge in [0.2, 0.25) is 0 Å². The van der Waals surface area contributed by atoms with Crippen molar-refractivity contribution in [2.75, 3.05) is 25.6 Å². The maximum absolute atomic E-state index is 12.1. The normalized spacial score (nSPS) is 12.8. The van der Waals surface area contributed by atoms with Crippen LogP contribution in [0.4, 0.5) is 0 Å². The van der Waals surface area contributed by atoms with Crippen LogP contribution in [0.3, 0.4) is 0 Å². The van der Waals surface area contributed by atoms with Gasteiger partial charge in [0.05, 0.1) is 10.6 Å². The van der Waals surface area contributed by atoms with E-state index in [2.05, 4.69) is 0 Å². The van der Waals surface area contributed by atoms with Gasteiger partial charge in [-0.1, -0.05) is 12.2 Å². The van der Waals surface area contributed by atoms with Gasteiger partial charge in [-0.15, -0.1) is 11.3 Å². The van der Waals surface area contributed by atoms with E-state index in [1.165, 1.54) is 19.2 Å². The predicted octanol–water partition coefficient (Wildman–Crippen LogP) is 0.0474. The van der Waals surface area contributed by atoms with E-state index in [9.17, 15) is 16.8 Å². The molecule has 0 amide bonds. The van der Waals surface area contributed by atoms with Crippen molar-refractivity contribution < 1.29 is 16.8 Å². The van der Waals surface area contributed by atoms with E-state index >= 15 is 0 Å². The minimum Gasteiger partial charge on any atom is -0.389 e. The smallest absolute Gasteiger partial charge is 0.252 e. The molecule has 1 aromatic rings. The van der Waals surface area contributed by atoms with Crippen molar-refractivity contribution in [1.29, 1.82) is 0 Å². The molecule has 0 radical (unpaired) electrons. The lowest BCUT2D eigenvalue weighted by Gasteiger charge is -2.15. The van der Waals surface area contributed by atoms with Gasteiger partial charge < -0.3 is 5.73 Å². The van der Waals surface area contributed by atoms with Gasteiger partial charge in [0, 0.05) is 19.8 Å². The largest absolute Gasteiger partial charge is 0.389 e. The van der Waals surface area contributed by atoms with Gasteiger partial charge >= 0.3 is 0 Å². The second-order valence-electron chi connectivity index (χ2n) is 3.94. The van der Waals surface area contributed by atoms with Crippen LogP contribution >= 0.6 is 23.6 Å². The molecule has 0 bridgehead atoms. The van der Waals surface area contributed by atoms with Crippen molar-refractivity contribution in [2.45, 2.75) is 4.21 Å². The number of nitrogens with two attached hydrogens (primary N) is 1. The molecule has 0 aromatic carbocycles. The van der Waals surface area contributed by atoms with E-state index in [1.807, 2.05) is 0 Å². The highest BCUT2D eigenvalue weighted by molar-refractivity contribution is 7.92. The zero-order chi connectivity index (χ0) is 14.8. The van der Waals surface area contributed by atoms with Crippen molar-refractivity contribution in [2.24, 2.45) is 5.73 Å². The summed E-state index contributed by atoms with van der Waals surface area (Å²) in [5.41, 5.74) is 5.42. The van der Waals surface area contributed by atoms with Crippen molar-refractivity contribution in [1.82, 2.24) is 4.31 Å². The van der Waals surface area contributed by atoms with E-state index in [0.29, 0.717) is 4.88 Å². The lowest BCUT2D eigenvalue weighted by Crippen LogP contribution is -2.31. The monoisotopic (exact) mass is 342 g/mol. The van der Waals surface area contributed by atoms with Crippen LogP contribution in [0.25, 0.3) is 0 Å². The Kier molecular flexibility index (Phi) is 5.07. The first kappa shape index (κ1) is 16.5. The van der Waals surface area contributed by atoms with E-state index in [0.717, 1.165) is 21.9 Å². The van der Waals surface area contributed by atoms with E-state index in [-0.39, 0.29) is 21.5 Å². The Bertz CT molecular complexity index is 675. The van der Waals surface area contributed by atoms with Gasteiger partial charge in [0.15, 0.2) is 0 Å². The fourth-order valence-corrected chi connectivity index (χ4v) is 4.61. The van der Waals surface area contributed by atoms with Crippen molar-refractivity contribution in [3.05, 3.63) is 17.0 Å². The summed E-state index contributed by atoms with van der Waals surface area (Å²) >= 11 is 5.73. The Labute approximate surface area is 122 Å². The van der Waals surface area contributed by atoms with Crippen molar-refractivity contribution in [3.63, 3.8) is 0 Å². The number of nitrogens with zero attached hydrogens (tertiary/aromatic N) is 1. The number of thiophene rings is 1. The maximum atomic E-state index is 12.1. The molecular formula is C9H14N2O4S4. The molecule has 1 aromatic heterocycles. The number of sulfonamides is 1. The van der Waals surface area contributed by atoms with E-state index in [1.54, 1.807) is 0 Å². The summed E-state index contributed by atoms with van der Waals surface area (Å²) in [5.74, 6) is -0.226. The Morgan fingerprint density at radius 3 is 2.37 bits per heavy atom. The van der Waals surface area contributed by atoms with Crippen molar-refractivity contribution in [3.8, 4) is 0 Å². The van der Waals surface area contributed by atoms with Gasteiger partial charge in [-0.25, -0.2) is 16.8 Å². The first-order valence-corrected chi connectivity index (χ1v) is 9.80. The Morgan fingerprint density at radius 1 is 1.37 bits per heavy atom. The molecule has 1 heterocycles. The molecule has 19 heavy (non-hydrogen) atoms. The second kappa shape index (κ2) is 5.83. The van der Waals surface area contributed by atoms with Gasteiger partial charge in [-0.3, -0.25) is 0 Å². The van der Waals surface area contributed by atoms with Crippen LogP contribution in [0.5, 0.6) is 0 Å². The lowest BCUT2D eigenvalue weighted by atomic mass is 10.5. The molecule has 0 atom stereocenters. The van der Waals surface area contributed by atoms with Gasteiger partial charge in [-0.2, -0.15) is 4.31 Å². The number of hydrogen-bond donors (Lipinski definition) is 1. The van der Waals surface area contributed by atoms with E-state index < -0.39 is 19.9 Å². The number of rotatable bonds is 6. The third kappa shape index (κ3) is 4.49. The minimum atomic E-state index is -3.70. The van der Waals surface area contributed by atoms with Crippen LogP contribution in [0.1, 0.15) is 4.88 Å². The molecule has 0 fully saturated rings. The fourth-order valence-electron chi connectivity index (χ4n) is 1.16. The molecule has 0 saturated carbocycles. The average Bonchev–Trinajstić information content (AvgIpc) is 2.74. The SMILES string of the molecule is CN(CCS(C)(=O)=O)S(=O)(=O)c1ccc(C(N)=S)s1. The molecular weight excluding hydrogens is 328 g/mol. The van der Waals surface area contributed by atoms with Crippen LogP contribution in [0.2, 0.25) is 0 Å². The lowest BCUT2D eigenvalue weighted by molar-refractivity contribution is 0.486. The molecule has 0 unspecified atom stereocenters. The molecule has 2 N–H and O–H groups in total. The van der Waals surface area contributed by atoms with Crippen LogP contribution in [0, 0.1) is 0 Å². The molecule has 0 spiro atoms. The third-order valence-corrected chi connectivity index (χ3v) is 6.98. The highest BCUT2D eigenvalue weighted by Gasteiger charge is 2.23. The van der Waals surface area contributed by atoms with Crippen LogP contribution in [-0.4, -0.2) is 51.7 Å². The third-order valence-electron chi connectivity index (χ3n) is 2.27. The zero-order valence-corrected chi connectivity index (χ0v) is 13.6. The number of thiocarbonyl (C=S) groups is 1. The predicted molar refractivity (Wildman–Crippen MR) is 79.7 cm³/mol. The molecule has 6 nitrogen and oxygen atoms in total. The Hall–Kier alpha value is -0.550. The van der Waals surface area contributed by atoms with E-state index in [4.69, 9.17) is 18.0 Å². The Morgan fingerprint density at radius 2 is 1.95 bits per heavy atom. The standard InChI is InChI=1S/C9H14N2O4S4/c1-11(5-6-18(2,12)13)19(14,15)8-4-3-7(17-8)9(10)16/h3-4H,5-6H2,1-2H3,(H2,10,16). The summed E-state index contributed by atoms with van der Waals surface area (Å²) in [6, 6.07) is 2.94. The highest BCUT2D eigenvalue weighted by atomic mass is 32.2. The Balaban J connectivity index is 2.93. The zero-order valence-electron chi connectivity index (χ0n) is 10.4. The minimum absolute atomic E-state index is 0.0892. The van der Waals surface area contributed by atoms with Crippen LogP contribution in [0.15, 0.2) is 16.3 Å². The molecule has 0 aliphatic heterocycles. The fraction of sp³-hybridized carbons (Fsp3) is 0.444. The molecule has 10 heteroatoms. The quantitative estimate of drug-likeness (QED) is 0.734. The molecule has 1 rings (SSSR count). The van der Waals surface area contributed by atoms with Gasteiger partial charge in [0.1, 0.15) is 19.0 Å². The summed E-state index contributed by atoms with van der Waals surface area (Å²) < 4.78 is 47.5. The highest BCUT2D eigenvalue weighted by Crippen LogP contribution is 2.24. The van der Waals surface area contributed by atoms with Gasteiger partial charge in [-0.05, 0) is 12.1 Å². The van der Waals surface area contributed by atoms with Crippen LogP contribution < -0.4 is 5.73 Å². The summed E-state index contributed by atoms with van der Waals surface area (Å²) in [4.78, 5) is 0.635. The number of hydrogen-bond acceptors (Lipinski definition) is 6. The van der Waals surface area contributed by atoms with Crippen LogP contribution in [-0.2, 0) is 19.9 Å². The first-order valence-electron chi connectivity index (χ1n) is 5.08. The van der Waals surface area contributed by atoms with Crippen molar-refractivity contribution >= 4 is 48.4 Å². The average molecular weight is 342 g/mol. The maximum Gasteiger partial charge on any atom is 0.252 e. The number of sulfone groups is 1.